The zero-order valence-corrected chi connectivity index (χ0v) is 11.3. The summed E-state index contributed by atoms with van der Waals surface area (Å²) in [6.45, 7) is 0. The third-order valence-corrected chi connectivity index (χ3v) is 3.41. The van der Waals surface area contributed by atoms with Crippen molar-refractivity contribution in [3.8, 4) is 11.5 Å². The van der Waals surface area contributed by atoms with Gasteiger partial charge in [0.1, 0.15) is 11.3 Å². The summed E-state index contributed by atoms with van der Waals surface area (Å²) in [6, 6.07) is 3.89. The molecule has 0 radical (unpaired) electrons. The van der Waals surface area contributed by atoms with Gasteiger partial charge in [-0.15, -0.1) is 0 Å². The fourth-order valence-electron chi connectivity index (χ4n) is 1.70. The first-order chi connectivity index (χ1) is 8.16. The van der Waals surface area contributed by atoms with E-state index in [-0.39, 0.29) is 0 Å². The number of aromatic amines is 1. The van der Waals surface area contributed by atoms with Crippen LogP contribution in [0.3, 0.4) is 0 Å². The van der Waals surface area contributed by atoms with Gasteiger partial charge in [-0.05, 0) is 40.3 Å². The lowest BCUT2D eigenvalue weighted by Gasteiger charge is -2.01. The SMILES string of the molecule is Cn1c(-c2cnc3ccc(Br)cn23)n[nH]c1=S. The van der Waals surface area contributed by atoms with Crippen LogP contribution in [0.4, 0.5) is 0 Å². The van der Waals surface area contributed by atoms with Gasteiger partial charge in [0.25, 0.3) is 0 Å². The standard InChI is InChI=1S/C10H8BrN5S/c1-15-9(13-14-10(15)17)7-4-12-8-3-2-6(11)5-16(7)8/h2-5H,1H3,(H,14,17). The molecule has 0 aliphatic heterocycles. The molecule has 5 nitrogen and oxygen atoms in total. The van der Waals surface area contributed by atoms with Gasteiger partial charge in [0.2, 0.25) is 0 Å². The van der Waals surface area contributed by atoms with Crippen LogP contribution in [-0.2, 0) is 7.05 Å². The van der Waals surface area contributed by atoms with Crippen LogP contribution in [0.5, 0.6) is 0 Å². The quantitative estimate of drug-likeness (QED) is 0.703. The van der Waals surface area contributed by atoms with E-state index in [1.165, 1.54) is 0 Å². The molecule has 0 amide bonds. The zero-order chi connectivity index (χ0) is 12.0. The first-order valence-corrected chi connectivity index (χ1v) is 6.11. The molecule has 0 aliphatic rings. The molecule has 0 saturated carbocycles. The van der Waals surface area contributed by atoms with Gasteiger partial charge in [-0.3, -0.25) is 9.50 Å². The van der Waals surface area contributed by atoms with E-state index < -0.39 is 0 Å². The van der Waals surface area contributed by atoms with E-state index in [0.717, 1.165) is 21.6 Å². The number of hydrogen-bond acceptors (Lipinski definition) is 3. The monoisotopic (exact) mass is 309 g/mol. The van der Waals surface area contributed by atoms with Crippen LogP contribution >= 0.6 is 28.1 Å². The number of nitrogens with one attached hydrogen (secondary N) is 1. The van der Waals surface area contributed by atoms with Crippen molar-refractivity contribution < 1.29 is 0 Å². The fourth-order valence-corrected chi connectivity index (χ4v) is 2.17. The van der Waals surface area contributed by atoms with Crippen LogP contribution in [0.25, 0.3) is 17.2 Å². The van der Waals surface area contributed by atoms with Crippen molar-refractivity contribution in [2.75, 3.05) is 0 Å². The summed E-state index contributed by atoms with van der Waals surface area (Å²) in [7, 11) is 1.87. The van der Waals surface area contributed by atoms with Crippen LogP contribution in [0, 0.1) is 4.77 Å². The normalized spacial score (nSPS) is 11.2. The number of H-pyrrole nitrogens is 1. The predicted octanol–water partition coefficient (Wildman–Crippen LogP) is 2.55. The summed E-state index contributed by atoms with van der Waals surface area (Å²) >= 11 is 8.55. The van der Waals surface area contributed by atoms with Gasteiger partial charge in [-0.25, -0.2) is 4.98 Å². The molecule has 7 heteroatoms. The third kappa shape index (κ3) is 1.62. The highest BCUT2D eigenvalue weighted by atomic mass is 79.9. The number of halogens is 1. The average molecular weight is 310 g/mol. The van der Waals surface area contributed by atoms with E-state index in [1.54, 1.807) is 6.20 Å². The highest BCUT2D eigenvalue weighted by Crippen LogP contribution is 2.20. The second-order valence-corrected chi connectivity index (χ2v) is 4.93. The summed E-state index contributed by atoms with van der Waals surface area (Å²) in [6.07, 6.45) is 3.74. The highest BCUT2D eigenvalue weighted by Gasteiger charge is 2.11. The Bertz CT molecular complexity index is 753. The topological polar surface area (TPSA) is 50.9 Å². The number of pyridine rings is 1. The molecule has 0 bridgehead atoms. The summed E-state index contributed by atoms with van der Waals surface area (Å²) in [5.74, 6) is 0.764. The van der Waals surface area contributed by atoms with Crippen molar-refractivity contribution in [1.29, 1.82) is 0 Å². The van der Waals surface area contributed by atoms with Crippen LogP contribution in [-0.4, -0.2) is 24.1 Å². The van der Waals surface area contributed by atoms with Crippen LogP contribution < -0.4 is 0 Å². The molecule has 0 saturated heterocycles. The van der Waals surface area contributed by atoms with Gasteiger partial charge in [-0.1, -0.05) is 0 Å². The maximum Gasteiger partial charge on any atom is 0.195 e. The maximum absolute atomic E-state index is 5.10. The molecule has 17 heavy (non-hydrogen) atoms. The number of rotatable bonds is 1. The Hall–Kier alpha value is -1.47. The molecule has 0 aromatic carbocycles. The van der Waals surface area contributed by atoms with Crippen molar-refractivity contribution in [3.05, 3.63) is 33.8 Å². The van der Waals surface area contributed by atoms with Crippen molar-refractivity contribution in [3.63, 3.8) is 0 Å². The van der Waals surface area contributed by atoms with E-state index in [1.807, 2.05) is 34.3 Å². The van der Waals surface area contributed by atoms with E-state index in [4.69, 9.17) is 12.2 Å². The molecule has 0 fully saturated rings. The molecule has 3 aromatic rings. The largest absolute Gasteiger partial charge is 0.302 e. The molecule has 3 rings (SSSR count). The molecular weight excluding hydrogens is 302 g/mol. The second kappa shape index (κ2) is 3.78. The number of imidazole rings is 1. The summed E-state index contributed by atoms with van der Waals surface area (Å²) < 4.78 is 5.36. The number of fused-ring (bicyclic) bond motifs is 1. The Kier molecular flexibility index (Phi) is 2.37. The van der Waals surface area contributed by atoms with Crippen molar-refractivity contribution in [2.45, 2.75) is 0 Å². The highest BCUT2D eigenvalue weighted by molar-refractivity contribution is 9.10. The zero-order valence-electron chi connectivity index (χ0n) is 8.88. The number of hydrogen-bond donors (Lipinski definition) is 1. The van der Waals surface area contributed by atoms with Crippen LogP contribution in [0.1, 0.15) is 0 Å². The molecule has 0 spiro atoms. The Morgan fingerprint density at radius 3 is 2.94 bits per heavy atom. The van der Waals surface area contributed by atoms with Gasteiger partial charge in [-0.2, -0.15) is 5.10 Å². The Morgan fingerprint density at radius 2 is 2.24 bits per heavy atom. The van der Waals surface area contributed by atoms with E-state index in [2.05, 4.69) is 31.1 Å². The second-order valence-electron chi connectivity index (χ2n) is 3.63. The minimum absolute atomic E-state index is 0.588. The van der Waals surface area contributed by atoms with Crippen molar-refractivity contribution in [1.82, 2.24) is 24.1 Å². The smallest absolute Gasteiger partial charge is 0.195 e. The summed E-state index contributed by atoms with van der Waals surface area (Å²) in [5, 5.41) is 6.97. The van der Waals surface area contributed by atoms with E-state index >= 15 is 0 Å². The maximum atomic E-state index is 5.10. The van der Waals surface area contributed by atoms with E-state index in [0.29, 0.717) is 4.77 Å². The van der Waals surface area contributed by atoms with Gasteiger partial charge in [0.15, 0.2) is 10.6 Å². The molecule has 0 atom stereocenters. The number of aromatic nitrogens is 5. The molecule has 86 valence electrons. The lowest BCUT2D eigenvalue weighted by Crippen LogP contribution is -1.96. The molecule has 3 heterocycles. The van der Waals surface area contributed by atoms with Gasteiger partial charge >= 0.3 is 0 Å². The van der Waals surface area contributed by atoms with Crippen molar-refractivity contribution in [2.24, 2.45) is 7.05 Å². The average Bonchev–Trinajstić information content (AvgIpc) is 2.84. The first kappa shape index (κ1) is 10.7. The van der Waals surface area contributed by atoms with Crippen LogP contribution in [0.15, 0.2) is 29.0 Å². The summed E-state index contributed by atoms with van der Waals surface area (Å²) in [5.41, 5.74) is 1.77. The lowest BCUT2D eigenvalue weighted by molar-refractivity contribution is 0.894. The molecule has 3 aromatic heterocycles. The fraction of sp³-hybridized carbons (Fsp3) is 0.100. The minimum atomic E-state index is 0.588. The Balaban J connectivity index is 2.34. The lowest BCUT2D eigenvalue weighted by atomic mass is 10.4. The predicted molar refractivity (Wildman–Crippen MR) is 70.3 cm³/mol. The Labute approximate surface area is 110 Å². The summed E-state index contributed by atoms with van der Waals surface area (Å²) in [4.78, 5) is 4.33. The van der Waals surface area contributed by atoms with Gasteiger partial charge in [0.05, 0.1) is 6.20 Å². The molecule has 0 unspecified atom stereocenters. The van der Waals surface area contributed by atoms with Crippen LogP contribution in [0.2, 0.25) is 0 Å². The molecular formula is C10H8BrN5S. The van der Waals surface area contributed by atoms with E-state index in [9.17, 15) is 0 Å². The third-order valence-electron chi connectivity index (χ3n) is 2.58. The van der Waals surface area contributed by atoms with Crippen molar-refractivity contribution >= 4 is 33.8 Å². The van der Waals surface area contributed by atoms with Gasteiger partial charge < -0.3 is 4.57 Å². The molecule has 1 N–H and O–H groups in total. The minimum Gasteiger partial charge on any atom is -0.302 e. The molecule has 0 aliphatic carbocycles. The number of nitrogens with zero attached hydrogens (tertiary/aromatic N) is 4. The first-order valence-electron chi connectivity index (χ1n) is 4.91. The van der Waals surface area contributed by atoms with Gasteiger partial charge in [0, 0.05) is 17.7 Å². The Morgan fingerprint density at radius 1 is 1.41 bits per heavy atom.